The van der Waals surface area contributed by atoms with Crippen LogP contribution in [0.15, 0.2) is 106 Å². The van der Waals surface area contributed by atoms with Crippen molar-refractivity contribution in [3.8, 4) is 0 Å². The number of benzene rings is 2. The van der Waals surface area contributed by atoms with Gasteiger partial charge in [0.25, 0.3) is 0 Å². The Morgan fingerprint density at radius 2 is 0.909 bits per heavy atom. The number of thiol groups is 2. The summed E-state index contributed by atoms with van der Waals surface area (Å²) in [5.74, 6) is -16.0. The second-order valence-corrected chi connectivity index (χ2v) is 7.72. The van der Waals surface area contributed by atoms with E-state index in [0.717, 1.165) is 35.1 Å². The van der Waals surface area contributed by atoms with E-state index >= 15 is 17.6 Å². The first kappa shape index (κ1) is 25.1. The van der Waals surface area contributed by atoms with Crippen molar-refractivity contribution < 1.29 is 26.3 Å². The van der Waals surface area contributed by atoms with Crippen LogP contribution in [0.4, 0.5) is 26.3 Å². The molecule has 1 aliphatic rings. The maximum absolute atomic E-state index is 15.1. The Morgan fingerprint density at radius 1 is 0.576 bits per heavy atom. The largest absolute Gasteiger partial charge is 0.380 e. The van der Waals surface area contributed by atoms with E-state index in [4.69, 9.17) is 0 Å². The number of rotatable bonds is 6. The van der Waals surface area contributed by atoms with Gasteiger partial charge >= 0.3 is 17.8 Å². The molecule has 0 aromatic heterocycles. The SMILES string of the molecule is FC1(F)C(C(/C=C\S)=C\c2ccccc2)=C(C(/C=C\S)=C\c2ccccc2)C(F)(F)C1(F)F. The molecule has 172 valence electrons. The van der Waals surface area contributed by atoms with E-state index in [1.807, 2.05) is 0 Å². The zero-order valence-electron chi connectivity index (χ0n) is 16.9. The average Bonchev–Trinajstić information content (AvgIpc) is 2.88. The molecule has 0 fully saturated rings. The summed E-state index contributed by atoms with van der Waals surface area (Å²) in [6, 6.07) is 15.9. The van der Waals surface area contributed by atoms with Gasteiger partial charge in [0, 0.05) is 11.1 Å². The Kier molecular flexibility index (Phi) is 7.39. The zero-order valence-corrected chi connectivity index (χ0v) is 18.7. The first-order valence-corrected chi connectivity index (χ1v) is 10.7. The Balaban J connectivity index is 2.42. The lowest BCUT2D eigenvalue weighted by Gasteiger charge is -2.26. The molecule has 0 saturated heterocycles. The second-order valence-electron chi connectivity index (χ2n) is 7.13. The summed E-state index contributed by atoms with van der Waals surface area (Å²) in [7, 11) is 0. The minimum absolute atomic E-state index is 0.360. The molecule has 0 unspecified atom stereocenters. The summed E-state index contributed by atoms with van der Waals surface area (Å²) in [5.41, 5.74) is -3.25. The monoisotopic (exact) mass is 496 g/mol. The number of allylic oxidation sites excluding steroid dienone is 6. The molecule has 2 aromatic carbocycles. The Bertz CT molecular complexity index is 1050. The molecule has 0 heterocycles. The summed E-state index contributed by atoms with van der Waals surface area (Å²) in [4.78, 5) is 0. The normalized spacial score (nSPS) is 20.2. The molecule has 3 rings (SSSR count). The van der Waals surface area contributed by atoms with Crippen molar-refractivity contribution in [1.82, 2.24) is 0 Å². The third-order valence-corrected chi connectivity index (χ3v) is 5.29. The van der Waals surface area contributed by atoms with Crippen LogP contribution in [0.2, 0.25) is 0 Å². The van der Waals surface area contributed by atoms with Crippen LogP contribution in [0.25, 0.3) is 12.2 Å². The fourth-order valence-corrected chi connectivity index (χ4v) is 3.82. The highest BCUT2D eigenvalue weighted by Crippen LogP contribution is 2.62. The van der Waals surface area contributed by atoms with Gasteiger partial charge in [0.05, 0.1) is 0 Å². The molecule has 0 aliphatic heterocycles. The maximum atomic E-state index is 15.1. The van der Waals surface area contributed by atoms with E-state index in [9.17, 15) is 8.78 Å². The van der Waals surface area contributed by atoms with Crippen LogP contribution >= 0.6 is 25.3 Å². The molecule has 0 nitrogen and oxygen atoms in total. The molecule has 0 radical (unpaired) electrons. The predicted molar refractivity (Wildman–Crippen MR) is 127 cm³/mol. The van der Waals surface area contributed by atoms with Crippen LogP contribution in [0.3, 0.4) is 0 Å². The van der Waals surface area contributed by atoms with Crippen molar-refractivity contribution in [2.45, 2.75) is 17.8 Å². The highest BCUT2D eigenvalue weighted by molar-refractivity contribution is 7.83. The Hall–Kier alpha value is -2.58. The van der Waals surface area contributed by atoms with Crippen molar-refractivity contribution in [3.63, 3.8) is 0 Å². The number of halogens is 6. The fourth-order valence-electron chi connectivity index (χ4n) is 3.50. The van der Waals surface area contributed by atoms with E-state index in [0.29, 0.717) is 11.1 Å². The van der Waals surface area contributed by atoms with Crippen LogP contribution in [0.1, 0.15) is 11.1 Å². The Labute approximate surface area is 198 Å². The highest BCUT2D eigenvalue weighted by Gasteiger charge is 2.80. The van der Waals surface area contributed by atoms with Crippen molar-refractivity contribution in [2.24, 2.45) is 0 Å². The molecule has 0 N–H and O–H groups in total. The lowest BCUT2D eigenvalue weighted by Crippen LogP contribution is -2.49. The van der Waals surface area contributed by atoms with E-state index in [1.165, 1.54) is 24.3 Å². The van der Waals surface area contributed by atoms with Gasteiger partial charge in [-0.05, 0) is 57.4 Å². The van der Waals surface area contributed by atoms with Crippen molar-refractivity contribution >= 4 is 37.4 Å². The lowest BCUT2D eigenvalue weighted by atomic mass is 9.92. The number of alkyl halides is 6. The van der Waals surface area contributed by atoms with Crippen LogP contribution in [-0.2, 0) is 0 Å². The molecule has 0 atom stereocenters. The maximum Gasteiger partial charge on any atom is 0.380 e. The lowest BCUT2D eigenvalue weighted by molar-refractivity contribution is -0.263. The zero-order chi connectivity index (χ0) is 24.3. The van der Waals surface area contributed by atoms with Crippen LogP contribution in [-0.4, -0.2) is 17.8 Å². The van der Waals surface area contributed by atoms with Gasteiger partial charge in [-0.2, -0.15) is 51.6 Å². The number of hydrogen-bond acceptors (Lipinski definition) is 2. The standard InChI is InChI=1S/C25H18F6S2/c26-23(27)21(19(11-13-32)15-17-7-3-1-4-8-17)22(24(28,29)25(23,30)31)20(12-14-33)16-18-9-5-2-6-10-18/h1-16,32-33H/b13-11-,14-12-,19-15-,20-16-. The number of hydrogen-bond donors (Lipinski definition) is 2. The van der Waals surface area contributed by atoms with Gasteiger partial charge in [0.2, 0.25) is 0 Å². The molecule has 2 aromatic rings. The van der Waals surface area contributed by atoms with E-state index in [1.54, 1.807) is 36.4 Å². The molecule has 1 aliphatic carbocycles. The summed E-state index contributed by atoms with van der Waals surface area (Å²) in [5, 5.41) is 2.05. The molecular weight excluding hydrogens is 478 g/mol. The fraction of sp³-hybridized carbons (Fsp3) is 0.120. The molecule has 0 amide bonds. The molecule has 0 saturated carbocycles. The first-order valence-electron chi connectivity index (χ1n) is 9.62. The van der Waals surface area contributed by atoms with Gasteiger partial charge < -0.3 is 0 Å². The molecular formula is C25H18F6S2. The quantitative estimate of drug-likeness (QED) is 0.225. The van der Waals surface area contributed by atoms with Gasteiger partial charge in [0.1, 0.15) is 0 Å². The van der Waals surface area contributed by atoms with Gasteiger partial charge in [-0.3, -0.25) is 0 Å². The molecule has 0 spiro atoms. The third-order valence-electron chi connectivity index (χ3n) is 5.00. The minimum atomic E-state index is -5.66. The van der Waals surface area contributed by atoms with Gasteiger partial charge in [0.15, 0.2) is 0 Å². The van der Waals surface area contributed by atoms with Crippen molar-refractivity contribution in [3.05, 3.63) is 117 Å². The molecule has 0 bridgehead atoms. The van der Waals surface area contributed by atoms with Gasteiger partial charge in [-0.25, -0.2) is 0 Å². The van der Waals surface area contributed by atoms with E-state index < -0.39 is 40.1 Å². The molecule has 8 heteroatoms. The van der Waals surface area contributed by atoms with Crippen LogP contribution in [0, 0.1) is 0 Å². The highest BCUT2D eigenvalue weighted by atomic mass is 32.1. The second kappa shape index (κ2) is 9.73. The first-order chi connectivity index (χ1) is 15.6. The third kappa shape index (κ3) is 4.59. The van der Waals surface area contributed by atoms with Gasteiger partial charge in [-0.1, -0.05) is 60.7 Å². The average molecular weight is 497 g/mol. The Morgan fingerprint density at radius 3 is 1.21 bits per heavy atom. The summed E-state index contributed by atoms with van der Waals surface area (Å²) in [6.45, 7) is 0. The van der Waals surface area contributed by atoms with Gasteiger partial charge in [-0.15, -0.1) is 0 Å². The smallest absolute Gasteiger partial charge is 0.194 e. The van der Waals surface area contributed by atoms with E-state index in [2.05, 4.69) is 25.3 Å². The summed E-state index contributed by atoms with van der Waals surface area (Å²) < 4.78 is 89.6. The minimum Gasteiger partial charge on any atom is -0.194 e. The molecule has 33 heavy (non-hydrogen) atoms. The van der Waals surface area contributed by atoms with Crippen molar-refractivity contribution in [2.75, 3.05) is 0 Å². The topological polar surface area (TPSA) is 0 Å². The predicted octanol–water partition coefficient (Wildman–Crippen LogP) is 8.26. The van der Waals surface area contributed by atoms with Crippen molar-refractivity contribution in [1.29, 1.82) is 0 Å². The van der Waals surface area contributed by atoms with E-state index in [-0.39, 0.29) is 0 Å². The summed E-state index contributed by atoms with van der Waals surface area (Å²) >= 11 is 7.72. The van der Waals surface area contributed by atoms with Crippen LogP contribution < -0.4 is 0 Å². The summed E-state index contributed by atoms with van der Waals surface area (Å²) in [6.07, 6.45) is 4.25. The van der Waals surface area contributed by atoms with Crippen LogP contribution in [0.5, 0.6) is 0 Å².